The first-order valence-corrected chi connectivity index (χ1v) is 11.7. The maximum Gasteiger partial charge on any atom is 0.274 e. The summed E-state index contributed by atoms with van der Waals surface area (Å²) in [5.74, 6) is 0.411. The number of methoxy groups -OCH3 is 1. The summed E-state index contributed by atoms with van der Waals surface area (Å²) in [6, 6.07) is 13.1. The Bertz CT molecular complexity index is 1270. The van der Waals surface area contributed by atoms with E-state index in [1.807, 2.05) is 22.6 Å². The molecule has 1 aliphatic heterocycles. The number of hydrogen-bond donors (Lipinski definition) is 3. The Morgan fingerprint density at radius 1 is 1.18 bits per heavy atom. The molecule has 3 aromatic rings. The lowest BCUT2D eigenvalue weighted by atomic mass is 9.79. The van der Waals surface area contributed by atoms with E-state index in [0.29, 0.717) is 39.1 Å². The number of fused-ring (bicyclic) bond motifs is 2. The van der Waals surface area contributed by atoms with Crippen molar-refractivity contribution in [3.05, 3.63) is 76.6 Å². The number of nitrogens with one attached hydrogen (secondary N) is 1. The maximum absolute atomic E-state index is 13.7. The topological polar surface area (TPSA) is 133 Å². The van der Waals surface area contributed by atoms with Gasteiger partial charge in [0.05, 0.1) is 12.1 Å². The zero-order valence-electron chi connectivity index (χ0n) is 18.2. The van der Waals surface area contributed by atoms with Gasteiger partial charge >= 0.3 is 0 Å². The van der Waals surface area contributed by atoms with Crippen LogP contribution in [0.3, 0.4) is 0 Å². The molecule has 2 unspecified atom stereocenters. The summed E-state index contributed by atoms with van der Waals surface area (Å²) >= 11 is 7.78. The molecular formula is C23H21ClIN5O4. The number of carbonyl (C=O) groups excluding carboxylic acids is 2. The van der Waals surface area contributed by atoms with Gasteiger partial charge in [0, 0.05) is 30.1 Å². The quantitative estimate of drug-likeness (QED) is 0.179. The van der Waals surface area contributed by atoms with Crippen LogP contribution in [0.5, 0.6) is 17.2 Å². The molecule has 2 amide bonds. The van der Waals surface area contributed by atoms with Crippen molar-refractivity contribution in [2.45, 2.75) is 9.71 Å². The smallest absolute Gasteiger partial charge is 0.274 e. The van der Waals surface area contributed by atoms with Crippen LogP contribution in [-0.2, 0) is 10.3 Å². The highest BCUT2D eigenvalue weighted by Gasteiger charge is 2.48. The van der Waals surface area contributed by atoms with Crippen LogP contribution in [-0.4, -0.2) is 40.0 Å². The molecule has 2 heterocycles. The minimum Gasteiger partial charge on any atom is -0.497 e. The first-order valence-electron chi connectivity index (χ1n) is 10.0. The van der Waals surface area contributed by atoms with Crippen molar-refractivity contribution in [3.8, 4) is 17.2 Å². The summed E-state index contributed by atoms with van der Waals surface area (Å²) in [6.45, 7) is 0. The van der Waals surface area contributed by atoms with Crippen LogP contribution in [0.15, 0.2) is 54.7 Å². The Morgan fingerprint density at radius 2 is 1.85 bits per heavy atom. The molecule has 2 aromatic carbocycles. The van der Waals surface area contributed by atoms with Gasteiger partial charge < -0.3 is 31.2 Å². The molecule has 0 fully saturated rings. The van der Waals surface area contributed by atoms with Crippen molar-refractivity contribution in [1.82, 2.24) is 9.88 Å². The standard InChI is InChI=1S/C23H21ClIN5O4/c1-30(22(25)26)21(32)23(27)15-9-13(29-20(31)17-6-3-12(24)11-28-17)4-7-18(15)34-19-8-5-14(33-2)10-16(19)23/h3-11,22H,26-27H2,1-2H3,(H,29,31). The summed E-state index contributed by atoms with van der Waals surface area (Å²) in [6.07, 6.45) is 1.38. The zero-order valence-corrected chi connectivity index (χ0v) is 21.1. The maximum atomic E-state index is 13.7. The van der Waals surface area contributed by atoms with Gasteiger partial charge in [-0.05, 0) is 71.1 Å². The highest BCUT2D eigenvalue weighted by molar-refractivity contribution is 14.1. The van der Waals surface area contributed by atoms with Gasteiger partial charge in [-0.2, -0.15) is 0 Å². The molecule has 9 nitrogen and oxygen atoms in total. The Morgan fingerprint density at radius 3 is 2.47 bits per heavy atom. The first-order chi connectivity index (χ1) is 16.1. The van der Waals surface area contributed by atoms with Gasteiger partial charge in [-0.25, -0.2) is 4.98 Å². The number of likely N-dealkylation sites (N-methyl/N-ethyl adjacent to an activating group) is 1. The molecule has 34 heavy (non-hydrogen) atoms. The average molecular weight is 594 g/mol. The van der Waals surface area contributed by atoms with Gasteiger partial charge in [-0.1, -0.05) is 11.6 Å². The molecule has 1 aromatic heterocycles. The van der Waals surface area contributed by atoms with Gasteiger partial charge in [-0.15, -0.1) is 0 Å². The number of rotatable bonds is 5. The largest absolute Gasteiger partial charge is 0.497 e. The predicted octanol–water partition coefficient (Wildman–Crippen LogP) is 3.44. The van der Waals surface area contributed by atoms with Crippen LogP contribution in [0, 0.1) is 0 Å². The fourth-order valence-corrected chi connectivity index (χ4v) is 3.99. The number of nitrogens with zero attached hydrogens (tertiary/aromatic N) is 2. The van der Waals surface area contributed by atoms with Crippen molar-refractivity contribution in [3.63, 3.8) is 0 Å². The molecule has 0 radical (unpaired) electrons. The van der Waals surface area contributed by atoms with E-state index in [-0.39, 0.29) is 5.69 Å². The normalized spacial score (nSPS) is 17.0. The summed E-state index contributed by atoms with van der Waals surface area (Å²) < 4.78 is 10.8. The predicted molar refractivity (Wildman–Crippen MR) is 136 cm³/mol. The van der Waals surface area contributed by atoms with Gasteiger partial charge in [0.25, 0.3) is 11.8 Å². The van der Waals surface area contributed by atoms with E-state index in [1.54, 1.807) is 49.5 Å². The van der Waals surface area contributed by atoms with Crippen molar-refractivity contribution in [2.24, 2.45) is 11.5 Å². The average Bonchev–Trinajstić information content (AvgIpc) is 2.83. The fraction of sp³-hybridized carbons (Fsp3) is 0.174. The number of pyridine rings is 1. The lowest BCUT2D eigenvalue weighted by Crippen LogP contribution is -2.56. The Balaban J connectivity index is 1.80. The number of carbonyl (C=O) groups is 2. The van der Waals surface area contributed by atoms with E-state index in [2.05, 4.69) is 10.3 Å². The highest BCUT2D eigenvalue weighted by Crippen LogP contribution is 2.48. The van der Waals surface area contributed by atoms with Gasteiger partial charge in [0.15, 0.2) is 5.54 Å². The summed E-state index contributed by atoms with van der Waals surface area (Å²) in [5.41, 5.74) is 12.6. The van der Waals surface area contributed by atoms with Gasteiger partial charge in [0.1, 0.15) is 27.1 Å². The number of nitrogens with two attached hydrogens (primary N) is 2. The third-order valence-electron chi connectivity index (χ3n) is 5.48. The second-order valence-electron chi connectivity index (χ2n) is 7.59. The summed E-state index contributed by atoms with van der Waals surface area (Å²) in [7, 11) is 3.09. The number of amides is 2. The minimum absolute atomic E-state index is 0.180. The van der Waals surface area contributed by atoms with Crippen LogP contribution in [0.1, 0.15) is 21.6 Å². The fourth-order valence-electron chi connectivity index (χ4n) is 3.63. The van der Waals surface area contributed by atoms with Crippen molar-refractivity contribution >= 4 is 51.7 Å². The lowest BCUT2D eigenvalue weighted by molar-refractivity contribution is -0.135. The monoisotopic (exact) mass is 593 g/mol. The van der Waals surface area contributed by atoms with E-state index in [1.165, 1.54) is 24.3 Å². The molecule has 11 heteroatoms. The number of hydrogen-bond acceptors (Lipinski definition) is 7. The first kappa shape index (κ1) is 24.2. The molecule has 1 aliphatic rings. The second kappa shape index (κ2) is 9.37. The molecule has 4 rings (SSSR count). The number of alkyl halides is 1. The second-order valence-corrected chi connectivity index (χ2v) is 9.30. The zero-order chi connectivity index (χ0) is 24.6. The van der Waals surface area contributed by atoms with E-state index >= 15 is 0 Å². The molecule has 0 saturated heterocycles. The molecule has 0 bridgehead atoms. The Kier molecular flexibility index (Phi) is 6.67. The van der Waals surface area contributed by atoms with E-state index in [4.69, 9.17) is 32.5 Å². The molecule has 0 aliphatic carbocycles. The number of ether oxygens (including phenoxy) is 2. The molecule has 0 spiro atoms. The highest BCUT2D eigenvalue weighted by atomic mass is 127. The van der Waals surface area contributed by atoms with Crippen LogP contribution in [0.4, 0.5) is 5.69 Å². The summed E-state index contributed by atoms with van der Waals surface area (Å²) in [5, 5.41) is 3.19. The van der Waals surface area contributed by atoms with Crippen molar-refractivity contribution in [1.29, 1.82) is 0 Å². The van der Waals surface area contributed by atoms with Gasteiger partial charge in [0.2, 0.25) is 0 Å². The van der Waals surface area contributed by atoms with Crippen LogP contribution < -0.4 is 26.3 Å². The number of benzene rings is 2. The SMILES string of the molecule is COc1ccc2c(c1)C(N)(C(=O)N(C)C(N)I)c1cc(NC(=O)c3ccc(Cl)cn3)ccc1O2. The number of halogens is 2. The molecule has 0 saturated carbocycles. The van der Waals surface area contributed by atoms with E-state index in [0.717, 1.165) is 0 Å². The van der Waals surface area contributed by atoms with E-state index in [9.17, 15) is 9.59 Å². The van der Waals surface area contributed by atoms with E-state index < -0.39 is 21.5 Å². The third kappa shape index (κ3) is 4.29. The summed E-state index contributed by atoms with van der Waals surface area (Å²) in [4.78, 5) is 31.7. The lowest BCUT2D eigenvalue weighted by Gasteiger charge is -2.39. The number of anilines is 1. The molecule has 2 atom stereocenters. The van der Waals surface area contributed by atoms with Crippen LogP contribution in [0.25, 0.3) is 0 Å². The number of aromatic nitrogens is 1. The van der Waals surface area contributed by atoms with Gasteiger partial charge in [-0.3, -0.25) is 9.59 Å². The third-order valence-corrected chi connectivity index (χ3v) is 6.54. The Labute approximate surface area is 214 Å². The molecule has 5 N–H and O–H groups in total. The van der Waals surface area contributed by atoms with Crippen molar-refractivity contribution < 1.29 is 19.1 Å². The van der Waals surface area contributed by atoms with Crippen LogP contribution >= 0.6 is 34.2 Å². The molecular weight excluding hydrogens is 573 g/mol. The molecule has 176 valence electrons. The minimum atomic E-state index is -1.66. The van der Waals surface area contributed by atoms with Crippen molar-refractivity contribution in [2.75, 3.05) is 19.5 Å². The van der Waals surface area contributed by atoms with Crippen LogP contribution in [0.2, 0.25) is 5.02 Å². The Hall–Kier alpha value is -2.93.